The number of nitrogens with two attached hydrogens (primary N) is 2. The number of hydrogen-bond donors (Lipinski definition) is 5. The van der Waals surface area contributed by atoms with Crippen LogP contribution in [0.2, 0.25) is 0 Å². The summed E-state index contributed by atoms with van der Waals surface area (Å²) in [5.74, 6) is -3.96. The molecular weight excluding hydrogens is 650 g/mol. The molecule has 20 heteroatoms. The second kappa shape index (κ2) is 19.0. The molecule has 12 amide bonds. The second-order valence-corrected chi connectivity index (χ2v) is 12.6. The zero-order valence-electron chi connectivity index (χ0n) is 29.4. The Morgan fingerprint density at radius 3 is 1.84 bits per heavy atom. The lowest BCUT2D eigenvalue weighted by molar-refractivity contribution is -0.143. The van der Waals surface area contributed by atoms with Crippen LogP contribution in [0.25, 0.3) is 0 Å². The number of nitrogens with one attached hydrogen (secondary N) is 2. The van der Waals surface area contributed by atoms with Crippen molar-refractivity contribution in [1.29, 1.82) is 0 Å². The highest BCUT2D eigenvalue weighted by Gasteiger charge is 2.40. The van der Waals surface area contributed by atoms with Crippen molar-refractivity contribution in [3.63, 3.8) is 0 Å². The number of likely N-dealkylation sites (tertiary alicyclic amines) is 1. The molecule has 0 aliphatic carbocycles. The molecule has 278 valence electrons. The number of aliphatic hydroxyl groups excluding tert-OH is 1. The quantitative estimate of drug-likeness (QED) is 0.141. The van der Waals surface area contributed by atoms with Crippen molar-refractivity contribution in [3.05, 3.63) is 0 Å². The molecule has 0 unspecified atom stereocenters. The average Bonchev–Trinajstić information content (AvgIpc) is 3.05. The number of aliphatic hydroxyl groups is 1. The molecule has 20 nitrogen and oxygen atoms in total. The van der Waals surface area contributed by atoms with E-state index in [0.717, 1.165) is 34.6 Å². The van der Waals surface area contributed by atoms with Crippen molar-refractivity contribution in [2.45, 2.75) is 76.8 Å². The van der Waals surface area contributed by atoms with E-state index in [2.05, 4.69) is 10.6 Å². The van der Waals surface area contributed by atoms with E-state index < -0.39 is 84.2 Å². The van der Waals surface area contributed by atoms with Crippen LogP contribution >= 0.6 is 0 Å². The van der Waals surface area contributed by atoms with Gasteiger partial charge in [0.25, 0.3) is 17.7 Å². The van der Waals surface area contributed by atoms with Gasteiger partial charge in [0, 0.05) is 41.3 Å². The van der Waals surface area contributed by atoms with Gasteiger partial charge in [-0.15, -0.1) is 0 Å². The van der Waals surface area contributed by atoms with Gasteiger partial charge in [-0.2, -0.15) is 0 Å². The van der Waals surface area contributed by atoms with Gasteiger partial charge in [0.15, 0.2) is 6.04 Å². The van der Waals surface area contributed by atoms with Gasteiger partial charge < -0.3 is 41.6 Å². The van der Waals surface area contributed by atoms with Crippen LogP contribution < -0.4 is 22.1 Å². The number of urea groups is 4. The number of carbonyl (C=O) groups is 8. The van der Waals surface area contributed by atoms with Crippen LogP contribution in [0.3, 0.4) is 0 Å². The molecule has 1 rings (SSSR count). The maximum absolute atomic E-state index is 13.7. The third-order valence-electron chi connectivity index (χ3n) is 7.19. The predicted octanol–water partition coefficient (Wildman–Crippen LogP) is -1.80. The number of imide groups is 4. The summed E-state index contributed by atoms with van der Waals surface area (Å²) in [5.41, 5.74) is 10.4. The van der Waals surface area contributed by atoms with Gasteiger partial charge in [-0.1, -0.05) is 0 Å². The SMILES string of the molecule is C[C@@H](O)COC[C@H](NC(=O)N(C)C(=O)N(C)C(=O)[C@H](NC(=O)N(C)C(=O)[C@@H](N)COC(C)(C)C)C(=O)N1CCCCC1)C(=O)N(C)C(N)=O. The van der Waals surface area contributed by atoms with Crippen molar-refractivity contribution in [2.24, 2.45) is 11.5 Å². The zero-order valence-corrected chi connectivity index (χ0v) is 29.4. The van der Waals surface area contributed by atoms with E-state index in [9.17, 15) is 43.5 Å². The largest absolute Gasteiger partial charge is 0.391 e. The highest BCUT2D eigenvalue weighted by atomic mass is 16.5. The van der Waals surface area contributed by atoms with Gasteiger partial charge in [0.05, 0.1) is 31.5 Å². The standard InChI is InChI=1S/C29H51N9O11/c1-17(39)14-48-16-19(22(41)34(5)25(31)44)32-26(45)37(8)28(47)36(7)23(42)20(24(43)38-12-10-9-11-13-38)33-27(46)35(6)21(40)18(30)15-49-29(2,3)4/h17-20,39H,9-16,30H2,1-8H3,(H2,31,44)(H,32,45)(H,33,46)/t17-,18+,19+,20+/m1/s1. The first kappa shape index (κ1) is 42.6. The molecule has 49 heavy (non-hydrogen) atoms. The van der Waals surface area contributed by atoms with Gasteiger partial charge in [-0.05, 0) is 47.0 Å². The van der Waals surface area contributed by atoms with Crippen LogP contribution in [-0.2, 0) is 28.7 Å². The molecule has 0 aromatic rings. The number of carbonyl (C=O) groups excluding carboxylic acids is 8. The first-order valence-electron chi connectivity index (χ1n) is 15.6. The third-order valence-corrected chi connectivity index (χ3v) is 7.19. The summed E-state index contributed by atoms with van der Waals surface area (Å²) in [5, 5.41) is 13.9. The Bertz CT molecular complexity index is 1230. The fourth-order valence-electron chi connectivity index (χ4n) is 4.23. The number of nitrogens with zero attached hydrogens (tertiary/aromatic N) is 5. The molecule has 1 saturated heterocycles. The fraction of sp³-hybridized carbons (Fsp3) is 0.724. The van der Waals surface area contributed by atoms with Crippen LogP contribution in [0.15, 0.2) is 0 Å². The van der Waals surface area contributed by atoms with Crippen molar-refractivity contribution in [3.8, 4) is 0 Å². The number of likely N-dealkylation sites (N-methyl/N-ethyl adjacent to an activating group) is 3. The van der Waals surface area contributed by atoms with Crippen LogP contribution in [-0.4, -0.2) is 168 Å². The topological polar surface area (TPSA) is 268 Å². The Balaban J connectivity index is 3.21. The highest BCUT2D eigenvalue weighted by Crippen LogP contribution is 2.13. The van der Waals surface area contributed by atoms with E-state index in [1.807, 2.05) is 0 Å². The molecule has 0 aromatic heterocycles. The summed E-state index contributed by atoms with van der Waals surface area (Å²) < 4.78 is 10.7. The molecule has 0 radical (unpaired) electrons. The van der Waals surface area contributed by atoms with Gasteiger partial charge in [0.1, 0.15) is 12.1 Å². The Morgan fingerprint density at radius 1 is 0.776 bits per heavy atom. The lowest BCUT2D eigenvalue weighted by atomic mass is 10.1. The molecule has 4 atom stereocenters. The van der Waals surface area contributed by atoms with E-state index in [0.29, 0.717) is 32.4 Å². The minimum Gasteiger partial charge on any atom is -0.391 e. The van der Waals surface area contributed by atoms with Gasteiger partial charge in [-0.25, -0.2) is 24.1 Å². The Hall–Kier alpha value is -4.40. The maximum Gasteiger partial charge on any atom is 0.334 e. The zero-order chi connectivity index (χ0) is 37.8. The molecule has 0 aromatic carbocycles. The Morgan fingerprint density at radius 2 is 1.33 bits per heavy atom. The van der Waals surface area contributed by atoms with E-state index >= 15 is 0 Å². The van der Waals surface area contributed by atoms with Gasteiger partial charge in [0.2, 0.25) is 5.91 Å². The van der Waals surface area contributed by atoms with Gasteiger partial charge >= 0.3 is 24.1 Å². The Kier molecular flexibility index (Phi) is 16.5. The van der Waals surface area contributed by atoms with Crippen LogP contribution in [0, 0.1) is 0 Å². The minimum absolute atomic E-state index is 0.224. The third kappa shape index (κ3) is 13.2. The molecule has 0 spiro atoms. The van der Waals surface area contributed by atoms with Crippen molar-refractivity contribution < 1.29 is 52.9 Å². The summed E-state index contributed by atoms with van der Waals surface area (Å²) in [7, 11) is 4.06. The summed E-state index contributed by atoms with van der Waals surface area (Å²) in [6.45, 7) is 6.21. The maximum atomic E-state index is 13.7. The molecule has 7 N–H and O–H groups in total. The van der Waals surface area contributed by atoms with Crippen LogP contribution in [0.1, 0.15) is 47.0 Å². The summed E-state index contributed by atoms with van der Waals surface area (Å²) >= 11 is 0. The van der Waals surface area contributed by atoms with Crippen molar-refractivity contribution >= 4 is 47.8 Å². The van der Waals surface area contributed by atoms with E-state index in [4.69, 9.17) is 20.9 Å². The predicted molar refractivity (Wildman–Crippen MR) is 172 cm³/mol. The normalized spacial score (nSPS) is 15.5. The molecule has 1 heterocycles. The highest BCUT2D eigenvalue weighted by molar-refractivity contribution is 6.13. The lowest BCUT2D eigenvalue weighted by Gasteiger charge is -2.33. The van der Waals surface area contributed by atoms with Crippen LogP contribution in [0.4, 0.5) is 19.2 Å². The molecule has 0 bridgehead atoms. The number of primary amides is 1. The molecular formula is C29H51N9O11. The molecule has 0 saturated carbocycles. The first-order chi connectivity index (χ1) is 22.6. The molecule has 1 aliphatic heterocycles. The van der Waals surface area contributed by atoms with Gasteiger partial charge in [-0.3, -0.25) is 33.9 Å². The number of rotatable bonds is 12. The molecule has 1 fully saturated rings. The Labute approximate surface area is 285 Å². The number of hydrogen-bond acceptors (Lipinski definition) is 12. The van der Waals surface area contributed by atoms with E-state index in [1.165, 1.54) is 11.8 Å². The number of amides is 12. The summed E-state index contributed by atoms with van der Waals surface area (Å²) in [4.78, 5) is 107. The second-order valence-electron chi connectivity index (χ2n) is 12.6. The van der Waals surface area contributed by atoms with E-state index in [-0.39, 0.29) is 26.3 Å². The number of ether oxygens (including phenoxy) is 2. The van der Waals surface area contributed by atoms with Crippen LogP contribution in [0.5, 0.6) is 0 Å². The first-order valence-corrected chi connectivity index (χ1v) is 15.6. The minimum atomic E-state index is -1.99. The smallest absolute Gasteiger partial charge is 0.334 e. The summed E-state index contributed by atoms with van der Waals surface area (Å²) in [6, 6.07) is -9.60. The van der Waals surface area contributed by atoms with Crippen molar-refractivity contribution in [1.82, 2.24) is 35.1 Å². The van der Waals surface area contributed by atoms with Crippen molar-refractivity contribution in [2.75, 3.05) is 61.1 Å². The fourth-order valence-corrected chi connectivity index (χ4v) is 4.23. The lowest BCUT2D eigenvalue weighted by Crippen LogP contribution is -2.62. The molecule has 1 aliphatic rings. The number of piperidine rings is 1. The average molecular weight is 702 g/mol. The van der Waals surface area contributed by atoms with E-state index in [1.54, 1.807) is 20.8 Å². The monoisotopic (exact) mass is 701 g/mol. The summed E-state index contributed by atoms with van der Waals surface area (Å²) in [6.07, 6.45) is 1.17.